The Balaban J connectivity index is 1.20. The molecular weight excluding hydrogens is 591 g/mol. The Labute approximate surface area is 267 Å². The summed E-state index contributed by atoms with van der Waals surface area (Å²) in [6, 6.07) is 14.9. The van der Waals surface area contributed by atoms with Crippen molar-refractivity contribution in [2.45, 2.75) is 32.1 Å². The lowest BCUT2D eigenvalue weighted by Gasteiger charge is -2.23. The zero-order valence-electron chi connectivity index (χ0n) is 26.3. The van der Waals surface area contributed by atoms with Crippen LogP contribution in [0.25, 0.3) is 10.9 Å². The van der Waals surface area contributed by atoms with Crippen molar-refractivity contribution in [3.05, 3.63) is 77.7 Å². The minimum atomic E-state index is -0.917. The van der Waals surface area contributed by atoms with Gasteiger partial charge < -0.3 is 34.9 Å². The highest BCUT2D eigenvalue weighted by Gasteiger charge is 2.18. The lowest BCUT2D eigenvalue weighted by molar-refractivity contribution is -0.136. The molecule has 2 amide bonds. The molecule has 3 aromatic carbocycles. The highest BCUT2D eigenvalue weighted by molar-refractivity contribution is 6.39. The van der Waals surface area contributed by atoms with E-state index in [1.54, 1.807) is 39.7 Å². The molecule has 1 fully saturated rings. The molecule has 0 atom stereocenters. The molecule has 0 unspecified atom stereocenters. The number of rotatable bonds is 12. The number of hydrogen-bond donors (Lipinski definition) is 3. The van der Waals surface area contributed by atoms with Crippen molar-refractivity contribution in [3.8, 4) is 28.7 Å². The number of ether oxygens (including phenoxy) is 4. The van der Waals surface area contributed by atoms with Gasteiger partial charge in [-0.05, 0) is 105 Å². The molecule has 0 aliphatic carbocycles. The summed E-state index contributed by atoms with van der Waals surface area (Å²) < 4.78 is 37.3. The molecule has 3 N–H and O–H groups in total. The van der Waals surface area contributed by atoms with Crippen LogP contribution in [0, 0.1) is 11.7 Å². The van der Waals surface area contributed by atoms with Gasteiger partial charge in [0, 0.05) is 35.9 Å². The van der Waals surface area contributed by atoms with Gasteiger partial charge in [-0.25, -0.2) is 4.39 Å². The van der Waals surface area contributed by atoms with Crippen molar-refractivity contribution < 1.29 is 32.9 Å². The summed E-state index contributed by atoms with van der Waals surface area (Å²) in [6.07, 6.45) is 6.38. The average Bonchev–Trinajstić information content (AvgIpc) is 3.08. The number of hydrogen-bond acceptors (Lipinski definition) is 8. The first-order valence-electron chi connectivity index (χ1n) is 15.3. The standard InChI is InChI=1S/C35H39FN4O6/c1-43-26-16-23(17-27(20-26)44-2)10-14-39-34(41)35(42)40-25-6-7-32(29(36)19-25)46-31-11-15-38-30-18-24(33(45-3)21-28(30)31)5-4-22-8-12-37-13-9-22/h6-7,11,15-22,37H,4-5,8-10,12-14H2,1-3H3,(H,39,41)(H,40,42). The number of pyridine rings is 1. The van der Waals surface area contributed by atoms with Crippen LogP contribution in [0.1, 0.15) is 30.4 Å². The second kappa shape index (κ2) is 15.4. The molecule has 46 heavy (non-hydrogen) atoms. The molecule has 4 aromatic rings. The molecule has 1 aliphatic rings. The molecule has 0 saturated carbocycles. The zero-order chi connectivity index (χ0) is 32.5. The Bertz CT molecular complexity index is 1670. The molecule has 1 saturated heterocycles. The molecule has 0 bridgehead atoms. The van der Waals surface area contributed by atoms with E-state index in [4.69, 9.17) is 18.9 Å². The van der Waals surface area contributed by atoms with Gasteiger partial charge in [-0.15, -0.1) is 0 Å². The predicted molar refractivity (Wildman–Crippen MR) is 174 cm³/mol. The van der Waals surface area contributed by atoms with Crippen LogP contribution in [0.3, 0.4) is 0 Å². The molecule has 1 aromatic heterocycles. The number of amides is 2. The van der Waals surface area contributed by atoms with Crippen molar-refractivity contribution >= 4 is 28.4 Å². The third kappa shape index (κ3) is 8.22. The van der Waals surface area contributed by atoms with Gasteiger partial charge in [-0.1, -0.05) is 0 Å². The molecule has 242 valence electrons. The molecule has 1 aliphatic heterocycles. The van der Waals surface area contributed by atoms with Crippen molar-refractivity contribution in [1.82, 2.24) is 15.6 Å². The second-order valence-electron chi connectivity index (χ2n) is 11.2. The van der Waals surface area contributed by atoms with E-state index in [9.17, 15) is 9.59 Å². The quantitative estimate of drug-likeness (QED) is 0.178. The van der Waals surface area contributed by atoms with Crippen molar-refractivity contribution in [3.63, 3.8) is 0 Å². The minimum Gasteiger partial charge on any atom is -0.497 e. The third-order valence-electron chi connectivity index (χ3n) is 8.11. The van der Waals surface area contributed by atoms with Gasteiger partial charge in [-0.2, -0.15) is 0 Å². The number of halogens is 1. The number of aromatic nitrogens is 1. The number of carbonyl (C=O) groups excluding carboxylic acids is 2. The third-order valence-corrected chi connectivity index (χ3v) is 8.11. The van der Waals surface area contributed by atoms with E-state index < -0.39 is 17.6 Å². The van der Waals surface area contributed by atoms with Crippen molar-refractivity contribution in [1.29, 1.82) is 0 Å². The second-order valence-corrected chi connectivity index (χ2v) is 11.2. The van der Waals surface area contributed by atoms with Crippen molar-refractivity contribution in [2.75, 3.05) is 46.3 Å². The number of nitrogens with one attached hydrogen (secondary N) is 3. The minimum absolute atomic E-state index is 0.0439. The number of fused-ring (bicyclic) bond motifs is 1. The van der Waals surface area contributed by atoms with Gasteiger partial charge in [0.05, 0.1) is 26.8 Å². The fraction of sp³-hybridized carbons (Fsp3) is 0.343. The fourth-order valence-electron chi connectivity index (χ4n) is 5.57. The first kappa shape index (κ1) is 32.5. The number of aryl methyl sites for hydroxylation is 1. The molecule has 5 rings (SSSR count). The maximum atomic E-state index is 15.1. The van der Waals surface area contributed by atoms with E-state index in [1.165, 1.54) is 25.0 Å². The Hall–Kier alpha value is -4.90. The summed E-state index contributed by atoms with van der Waals surface area (Å²) in [6.45, 7) is 2.32. The Morgan fingerprint density at radius 3 is 2.33 bits per heavy atom. The Kier molecular flexibility index (Phi) is 10.9. The maximum Gasteiger partial charge on any atom is 0.313 e. The summed E-state index contributed by atoms with van der Waals surface area (Å²) in [5, 5.41) is 9.09. The van der Waals surface area contributed by atoms with Gasteiger partial charge in [0.25, 0.3) is 0 Å². The molecule has 0 spiro atoms. The van der Waals surface area contributed by atoms with Gasteiger partial charge in [0.1, 0.15) is 23.0 Å². The smallest absolute Gasteiger partial charge is 0.313 e. The number of carbonyl (C=O) groups is 2. The summed E-state index contributed by atoms with van der Waals surface area (Å²) in [4.78, 5) is 29.4. The number of nitrogens with zero attached hydrogens (tertiary/aromatic N) is 1. The van der Waals surface area contributed by atoms with Crippen LogP contribution in [-0.4, -0.2) is 57.8 Å². The van der Waals surface area contributed by atoms with E-state index in [2.05, 4.69) is 20.9 Å². The van der Waals surface area contributed by atoms with Crippen LogP contribution in [0.2, 0.25) is 0 Å². The average molecular weight is 631 g/mol. The fourth-order valence-corrected chi connectivity index (χ4v) is 5.57. The predicted octanol–water partition coefficient (Wildman–Crippen LogP) is 5.42. The molecule has 11 heteroatoms. The van der Waals surface area contributed by atoms with Gasteiger partial charge in [-0.3, -0.25) is 14.6 Å². The van der Waals surface area contributed by atoms with Crippen LogP contribution >= 0.6 is 0 Å². The molecule has 10 nitrogen and oxygen atoms in total. The highest BCUT2D eigenvalue weighted by Crippen LogP contribution is 2.36. The Morgan fingerprint density at radius 2 is 1.63 bits per heavy atom. The van der Waals surface area contributed by atoms with Crippen LogP contribution in [0.5, 0.6) is 28.7 Å². The summed E-state index contributed by atoms with van der Waals surface area (Å²) in [7, 11) is 4.74. The summed E-state index contributed by atoms with van der Waals surface area (Å²) >= 11 is 0. The number of methoxy groups -OCH3 is 3. The first-order chi connectivity index (χ1) is 22.4. The van der Waals surface area contributed by atoms with E-state index in [0.717, 1.165) is 54.4 Å². The lowest BCUT2D eigenvalue weighted by Crippen LogP contribution is -2.36. The normalized spacial score (nSPS) is 13.2. The SMILES string of the molecule is COc1cc(CCNC(=O)C(=O)Nc2ccc(Oc3ccnc4cc(CCC5CCNCC5)c(OC)cc34)c(F)c2)cc(OC)c1. The zero-order valence-corrected chi connectivity index (χ0v) is 26.3. The van der Waals surface area contributed by atoms with E-state index in [1.807, 2.05) is 24.3 Å². The topological polar surface area (TPSA) is 120 Å². The van der Waals surface area contributed by atoms with Crippen LogP contribution < -0.4 is 34.9 Å². The number of benzene rings is 3. The largest absolute Gasteiger partial charge is 0.497 e. The van der Waals surface area contributed by atoms with E-state index in [-0.39, 0.29) is 18.0 Å². The van der Waals surface area contributed by atoms with E-state index in [0.29, 0.717) is 35.0 Å². The van der Waals surface area contributed by atoms with Gasteiger partial charge in [0.2, 0.25) is 0 Å². The summed E-state index contributed by atoms with van der Waals surface area (Å²) in [5.74, 6) is 0.565. The Morgan fingerprint density at radius 1 is 0.870 bits per heavy atom. The number of piperidine rings is 1. The summed E-state index contributed by atoms with van der Waals surface area (Å²) in [5.41, 5.74) is 2.78. The van der Waals surface area contributed by atoms with E-state index >= 15 is 4.39 Å². The first-order valence-corrected chi connectivity index (χ1v) is 15.3. The van der Waals surface area contributed by atoms with Crippen LogP contribution in [0.4, 0.5) is 10.1 Å². The molecule has 2 heterocycles. The molecular formula is C35H39FN4O6. The molecule has 0 radical (unpaired) electrons. The monoisotopic (exact) mass is 630 g/mol. The van der Waals surface area contributed by atoms with Gasteiger partial charge in [0.15, 0.2) is 11.6 Å². The van der Waals surface area contributed by atoms with Crippen molar-refractivity contribution in [2.24, 2.45) is 5.92 Å². The maximum absolute atomic E-state index is 15.1. The van der Waals surface area contributed by atoms with Crippen LogP contribution in [0.15, 0.2) is 60.8 Å². The van der Waals surface area contributed by atoms with Crippen LogP contribution in [-0.2, 0) is 22.4 Å². The lowest BCUT2D eigenvalue weighted by atomic mass is 9.91. The van der Waals surface area contributed by atoms with Gasteiger partial charge >= 0.3 is 11.8 Å². The number of anilines is 1. The highest BCUT2D eigenvalue weighted by atomic mass is 19.1.